The molecule has 1 amide bonds. The minimum Gasteiger partial charge on any atom is -0.380 e. The van der Waals surface area contributed by atoms with E-state index in [4.69, 9.17) is 4.74 Å². The summed E-state index contributed by atoms with van der Waals surface area (Å²) in [7, 11) is 0. The molecule has 94 valence electrons. The highest BCUT2D eigenvalue weighted by Crippen LogP contribution is 2.08. The van der Waals surface area contributed by atoms with Crippen LogP contribution in [0.1, 0.15) is 33.1 Å². The number of rotatable bonds is 6. The van der Waals surface area contributed by atoms with Gasteiger partial charge in [0, 0.05) is 25.7 Å². The van der Waals surface area contributed by atoms with Crippen LogP contribution in [0, 0.1) is 0 Å². The standard InChI is InChI=1S/C12H24N2O2/c1-3-16-10-11(2)13-9-12(15)14-7-5-4-6-8-14/h11,13H,3-10H2,1-2H3. The maximum atomic E-state index is 11.8. The van der Waals surface area contributed by atoms with Crippen LogP contribution in [0.3, 0.4) is 0 Å². The summed E-state index contributed by atoms with van der Waals surface area (Å²) in [5, 5.41) is 3.20. The summed E-state index contributed by atoms with van der Waals surface area (Å²) in [5.41, 5.74) is 0. The molecule has 1 saturated heterocycles. The SMILES string of the molecule is CCOCC(C)NCC(=O)N1CCCCC1. The van der Waals surface area contributed by atoms with Crippen LogP contribution in [-0.4, -0.2) is 49.7 Å². The van der Waals surface area contributed by atoms with Gasteiger partial charge >= 0.3 is 0 Å². The van der Waals surface area contributed by atoms with E-state index in [2.05, 4.69) is 5.32 Å². The van der Waals surface area contributed by atoms with Crippen molar-refractivity contribution in [1.82, 2.24) is 10.2 Å². The van der Waals surface area contributed by atoms with Gasteiger partial charge in [-0.3, -0.25) is 4.79 Å². The molecule has 0 radical (unpaired) electrons. The molecule has 16 heavy (non-hydrogen) atoms. The van der Waals surface area contributed by atoms with Crippen LogP contribution in [0.25, 0.3) is 0 Å². The number of likely N-dealkylation sites (tertiary alicyclic amines) is 1. The molecule has 0 aromatic carbocycles. The minimum atomic E-state index is 0.225. The zero-order chi connectivity index (χ0) is 11.8. The van der Waals surface area contributed by atoms with Gasteiger partial charge in [0.1, 0.15) is 0 Å². The van der Waals surface area contributed by atoms with Gasteiger partial charge in [0.05, 0.1) is 13.2 Å². The molecule has 1 rings (SSSR count). The van der Waals surface area contributed by atoms with Gasteiger partial charge in [0.25, 0.3) is 0 Å². The molecule has 4 nitrogen and oxygen atoms in total. The number of amides is 1. The van der Waals surface area contributed by atoms with Crippen molar-refractivity contribution in [2.24, 2.45) is 0 Å². The number of hydrogen-bond acceptors (Lipinski definition) is 3. The van der Waals surface area contributed by atoms with Crippen molar-refractivity contribution in [3.05, 3.63) is 0 Å². The highest BCUT2D eigenvalue weighted by Gasteiger charge is 2.16. The second-order valence-electron chi connectivity index (χ2n) is 4.38. The number of carbonyl (C=O) groups excluding carboxylic acids is 1. The first-order chi connectivity index (χ1) is 7.74. The molecule has 1 N–H and O–H groups in total. The van der Waals surface area contributed by atoms with Crippen LogP contribution in [0.15, 0.2) is 0 Å². The zero-order valence-electron chi connectivity index (χ0n) is 10.5. The fourth-order valence-corrected chi connectivity index (χ4v) is 1.87. The lowest BCUT2D eigenvalue weighted by atomic mass is 10.1. The summed E-state index contributed by atoms with van der Waals surface area (Å²) in [4.78, 5) is 13.8. The Morgan fingerprint density at radius 3 is 2.69 bits per heavy atom. The number of carbonyl (C=O) groups is 1. The number of nitrogens with zero attached hydrogens (tertiary/aromatic N) is 1. The van der Waals surface area contributed by atoms with Gasteiger partial charge in [-0.05, 0) is 33.1 Å². The van der Waals surface area contributed by atoms with Crippen molar-refractivity contribution >= 4 is 5.91 Å². The van der Waals surface area contributed by atoms with E-state index in [1.165, 1.54) is 6.42 Å². The third-order valence-electron chi connectivity index (χ3n) is 2.88. The number of nitrogens with one attached hydrogen (secondary N) is 1. The van der Waals surface area contributed by atoms with E-state index >= 15 is 0 Å². The van der Waals surface area contributed by atoms with Gasteiger partial charge in [0.2, 0.25) is 5.91 Å². The normalized spacial score (nSPS) is 18.5. The molecule has 0 aromatic rings. The lowest BCUT2D eigenvalue weighted by molar-refractivity contribution is -0.131. The molecule has 1 aliphatic heterocycles. The van der Waals surface area contributed by atoms with Crippen LogP contribution in [0.4, 0.5) is 0 Å². The molecule has 0 aromatic heterocycles. The Labute approximate surface area is 98.3 Å². The van der Waals surface area contributed by atoms with E-state index in [9.17, 15) is 4.79 Å². The second kappa shape index (κ2) is 7.63. The Morgan fingerprint density at radius 1 is 1.38 bits per heavy atom. The van der Waals surface area contributed by atoms with Crippen LogP contribution in [-0.2, 0) is 9.53 Å². The Hall–Kier alpha value is -0.610. The molecular weight excluding hydrogens is 204 g/mol. The molecule has 1 fully saturated rings. The highest BCUT2D eigenvalue weighted by atomic mass is 16.5. The Bertz CT molecular complexity index is 203. The van der Waals surface area contributed by atoms with E-state index in [1.807, 2.05) is 18.7 Å². The van der Waals surface area contributed by atoms with Gasteiger partial charge < -0.3 is 15.0 Å². The van der Waals surface area contributed by atoms with Crippen molar-refractivity contribution < 1.29 is 9.53 Å². The van der Waals surface area contributed by atoms with Crippen molar-refractivity contribution in [3.8, 4) is 0 Å². The number of hydrogen-bond donors (Lipinski definition) is 1. The summed E-state index contributed by atoms with van der Waals surface area (Å²) in [6, 6.07) is 0.244. The van der Waals surface area contributed by atoms with Crippen LogP contribution in [0.2, 0.25) is 0 Å². The van der Waals surface area contributed by atoms with Crippen molar-refractivity contribution in [3.63, 3.8) is 0 Å². The molecule has 1 unspecified atom stereocenters. The first kappa shape index (κ1) is 13.5. The largest absolute Gasteiger partial charge is 0.380 e. The summed E-state index contributed by atoms with van der Waals surface area (Å²) in [5.74, 6) is 0.225. The average molecular weight is 228 g/mol. The first-order valence-corrected chi connectivity index (χ1v) is 6.33. The minimum absolute atomic E-state index is 0.225. The van der Waals surface area contributed by atoms with Crippen LogP contribution < -0.4 is 5.32 Å². The maximum absolute atomic E-state index is 11.8. The predicted octanol–water partition coefficient (Wildman–Crippen LogP) is 1.01. The van der Waals surface area contributed by atoms with Gasteiger partial charge in [0.15, 0.2) is 0 Å². The highest BCUT2D eigenvalue weighted by molar-refractivity contribution is 5.78. The Balaban J connectivity index is 2.13. The molecule has 0 bridgehead atoms. The quantitative estimate of drug-likeness (QED) is 0.738. The van der Waals surface area contributed by atoms with E-state index < -0.39 is 0 Å². The molecule has 0 spiro atoms. The molecule has 0 aliphatic carbocycles. The number of ether oxygens (including phenoxy) is 1. The lowest BCUT2D eigenvalue weighted by Crippen LogP contribution is -2.44. The molecule has 1 aliphatic rings. The molecule has 1 heterocycles. The van der Waals surface area contributed by atoms with Crippen LogP contribution in [0.5, 0.6) is 0 Å². The van der Waals surface area contributed by atoms with Crippen molar-refractivity contribution in [1.29, 1.82) is 0 Å². The van der Waals surface area contributed by atoms with Gasteiger partial charge in [-0.2, -0.15) is 0 Å². The molecule has 4 heteroatoms. The Morgan fingerprint density at radius 2 is 2.06 bits per heavy atom. The van der Waals surface area contributed by atoms with Gasteiger partial charge in [-0.25, -0.2) is 0 Å². The summed E-state index contributed by atoms with van der Waals surface area (Å²) < 4.78 is 5.29. The summed E-state index contributed by atoms with van der Waals surface area (Å²) >= 11 is 0. The topological polar surface area (TPSA) is 41.6 Å². The lowest BCUT2D eigenvalue weighted by Gasteiger charge is -2.27. The third kappa shape index (κ3) is 4.94. The van der Waals surface area contributed by atoms with Crippen LogP contribution >= 0.6 is 0 Å². The number of piperidine rings is 1. The fraction of sp³-hybridized carbons (Fsp3) is 0.917. The smallest absolute Gasteiger partial charge is 0.236 e. The fourth-order valence-electron chi connectivity index (χ4n) is 1.87. The summed E-state index contributed by atoms with van der Waals surface area (Å²) in [6.45, 7) is 7.72. The zero-order valence-corrected chi connectivity index (χ0v) is 10.5. The predicted molar refractivity (Wildman–Crippen MR) is 64.4 cm³/mol. The monoisotopic (exact) mass is 228 g/mol. The Kier molecular flexibility index (Phi) is 6.42. The molecular formula is C12H24N2O2. The third-order valence-corrected chi connectivity index (χ3v) is 2.88. The first-order valence-electron chi connectivity index (χ1n) is 6.33. The average Bonchev–Trinajstić information content (AvgIpc) is 2.34. The second-order valence-corrected chi connectivity index (χ2v) is 4.38. The van der Waals surface area contributed by atoms with Gasteiger partial charge in [-0.15, -0.1) is 0 Å². The van der Waals surface area contributed by atoms with E-state index in [0.29, 0.717) is 13.2 Å². The maximum Gasteiger partial charge on any atom is 0.236 e. The van der Waals surface area contributed by atoms with E-state index in [-0.39, 0.29) is 11.9 Å². The van der Waals surface area contributed by atoms with Crippen molar-refractivity contribution in [2.75, 3.05) is 32.8 Å². The van der Waals surface area contributed by atoms with Gasteiger partial charge in [-0.1, -0.05) is 0 Å². The molecule has 1 atom stereocenters. The molecule has 0 saturated carbocycles. The van der Waals surface area contributed by atoms with E-state index in [1.54, 1.807) is 0 Å². The van der Waals surface area contributed by atoms with E-state index in [0.717, 1.165) is 32.5 Å². The summed E-state index contributed by atoms with van der Waals surface area (Å²) in [6.07, 6.45) is 3.57. The van der Waals surface area contributed by atoms with Crippen molar-refractivity contribution in [2.45, 2.75) is 39.2 Å².